The smallest absolute Gasteiger partial charge is 0.224 e. The third kappa shape index (κ3) is 5.05. The van der Waals surface area contributed by atoms with Crippen LogP contribution >= 0.6 is 11.6 Å². The van der Waals surface area contributed by atoms with Gasteiger partial charge in [0.2, 0.25) is 11.8 Å². The SMILES string of the molecule is CC(=O)N(CCNC(=O)Cc1ccccc1F)c1c(C)cc(C)cc1Cl. The molecule has 0 saturated carbocycles. The van der Waals surface area contributed by atoms with Gasteiger partial charge in [0.1, 0.15) is 5.82 Å². The van der Waals surface area contributed by atoms with Gasteiger partial charge in [0.05, 0.1) is 17.1 Å². The van der Waals surface area contributed by atoms with E-state index in [4.69, 9.17) is 11.6 Å². The van der Waals surface area contributed by atoms with E-state index in [1.54, 1.807) is 29.2 Å². The van der Waals surface area contributed by atoms with E-state index in [0.717, 1.165) is 11.1 Å². The lowest BCUT2D eigenvalue weighted by atomic mass is 10.1. The molecule has 0 radical (unpaired) electrons. The van der Waals surface area contributed by atoms with Crippen LogP contribution in [0.1, 0.15) is 23.6 Å². The predicted octanol–water partition coefficient (Wildman–Crippen LogP) is 3.81. The maximum absolute atomic E-state index is 13.6. The van der Waals surface area contributed by atoms with Crippen molar-refractivity contribution >= 4 is 29.1 Å². The first-order valence-corrected chi connectivity index (χ1v) is 8.72. The molecule has 2 amide bonds. The molecular weight excluding hydrogens is 355 g/mol. The molecule has 4 nitrogen and oxygen atoms in total. The van der Waals surface area contributed by atoms with Crippen molar-refractivity contribution in [1.29, 1.82) is 0 Å². The zero-order chi connectivity index (χ0) is 19.3. The Labute approximate surface area is 158 Å². The quantitative estimate of drug-likeness (QED) is 0.833. The highest BCUT2D eigenvalue weighted by molar-refractivity contribution is 6.34. The van der Waals surface area contributed by atoms with Crippen LogP contribution < -0.4 is 10.2 Å². The van der Waals surface area contributed by atoms with Gasteiger partial charge in [0, 0.05) is 20.0 Å². The Bertz CT molecular complexity index is 800. The summed E-state index contributed by atoms with van der Waals surface area (Å²) < 4.78 is 13.6. The standard InChI is InChI=1S/C20H22ClFN2O2/c1-13-10-14(2)20(17(21)11-13)24(15(3)25)9-8-23-19(26)12-16-6-4-5-7-18(16)22/h4-7,10-11H,8-9,12H2,1-3H3,(H,23,26). The van der Waals surface area contributed by atoms with E-state index in [9.17, 15) is 14.0 Å². The van der Waals surface area contributed by atoms with Gasteiger partial charge in [-0.05, 0) is 42.7 Å². The topological polar surface area (TPSA) is 49.4 Å². The summed E-state index contributed by atoms with van der Waals surface area (Å²) >= 11 is 6.32. The van der Waals surface area contributed by atoms with Crippen LogP contribution in [-0.4, -0.2) is 24.9 Å². The summed E-state index contributed by atoms with van der Waals surface area (Å²) in [6, 6.07) is 9.92. The summed E-state index contributed by atoms with van der Waals surface area (Å²) in [5, 5.41) is 3.22. The number of carbonyl (C=O) groups excluding carboxylic acids is 2. The minimum atomic E-state index is -0.407. The summed E-state index contributed by atoms with van der Waals surface area (Å²) in [6.45, 7) is 5.81. The number of anilines is 1. The van der Waals surface area contributed by atoms with Crippen molar-refractivity contribution in [3.63, 3.8) is 0 Å². The van der Waals surface area contributed by atoms with Gasteiger partial charge in [0.15, 0.2) is 0 Å². The normalized spacial score (nSPS) is 10.5. The molecular formula is C20H22ClFN2O2. The molecule has 138 valence electrons. The van der Waals surface area contributed by atoms with E-state index >= 15 is 0 Å². The van der Waals surface area contributed by atoms with E-state index in [0.29, 0.717) is 16.3 Å². The van der Waals surface area contributed by atoms with Gasteiger partial charge in [-0.15, -0.1) is 0 Å². The number of hydrogen-bond acceptors (Lipinski definition) is 2. The van der Waals surface area contributed by atoms with E-state index < -0.39 is 5.82 Å². The second-order valence-corrected chi connectivity index (χ2v) is 6.61. The maximum atomic E-state index is 13.6. The second-order valence-electron chi connectivity index (χ2n) is 6.20. The Morgan fingerprint density at radius 2 is 1.88 bits per heavy atom. The first kappa shape index (κ1) is 19.9. The third-order valence-electron chi connectivity index (χ3n) is 4.01. The largest absolute Gasteiger partial charge is 0.354 e. The molecule has 0 bridgehead atoms. The van der Waals surface area contributed by atoms with Crippen molar-refractivity contribution in [3.05, 3.63) is 63.9 Å². The number of nitrogens with zero attached hydrogens (tertiary/aromatic N) is 1. The van der Waals surface area contributed by atoms with Crippen molar-refractivity contribution in [2.75, 3.05) is 18.0 Å². The van der Waals surface area contributed by atoms with E-state index in [1.165, 1.54) is 13.0 Å². The molecule has 1 N–H and O–H groups in total. The van der Waals surface area contributed by atoms with Crippen LogP contribution in [0.25, 0.3) is 0 Å². The van der Waals surface area contributed by atoms with Crippen LogP contribution in [0.2, 0.25) is 5.02 Å². The first-order chi connectivity index (χ1) is 12.3. The van der Waals surface area contributed by atoms with Gasteiger partial charge in [-0.3, -0.25) is 9.59 Å². The molecule has 0 atom stereocenters. The van der Waals surface area contributed by atoms with Gasteiger partial charge < -0.3 is 10.2 Å². The van der Waals surface area contributed by atoms with Gasteiger partial charge in [-0.25, -0.2) is 4.39 Å². The molecule has 26 heavy (non-hydrogen) atoms. The fraction of sp³-hybridized carbons (Fsp3) is 0.300. The average molecular weight is 377 g/mol. The molecule has 0 aliphatic carbocycles. The van der Waals surface area contributed by atoms with Gasteiger partial charge >= 0.3 is 0 Å². The van der Waals surface area contributed by atoms with E-state index in [-0.39, 0.29) is 31.3 Å². The van der Waals surface area contributed by atoms with Gasteiger partial charge in [-0.1, -0.05) is 35.9 Å². The van der Waals surface area contributed by atoms with Crippen molar-refractivity contribution in [2.24, 2.45) is 0 Å². The zero-order valence-electron chi connectivity index (χ0n) is 15.1. The summed E-state index contributed by atoms with van der Waals surface area (Å²) in [6.07, 6.45) is -0.0446. The summed E-state index contributed by atoms with van der Waals surface area (Å²) in [5.41, 5.74) is 2.89. The molecule has 2 aromatic carbocycles. The van der Waals surface area contributed by atoms with Crippen molar-refractivity contribution in [2.45, 2.75) is 27.2 Å². The summed E-state index contributed by atoms with van der Waals surface area (Å²) in [5.74, 6) is -0.873. The number of nitrogens with one attached hydrogen (secondary N) is 1. The molecule has 0 saturated heterocycles. The molecule has 0 aliphatic rings. The highest BCUT2D eigenvalue weighted by Gasteiger charge is 2.18. The van der Waals surface area contributed by atoms with Crippen LogP contribution in [0.4, 0.5) is 10.1 Å². The third-order valence-corrected chi connectivity index (χ3v) is 4.30. The molecule has 0 fully saturated rings. The molecule has 2 rings (SSSR count). The van der Waals surface area contributed by atoms with Crippen LogP contribution in [0.3, 0.4) is 0 Å². The maximum Gasteiger partial charge on any atom is 0.224 e. The molecule has 0 unspecified atom stereocenters. The molecule has 0 spiro atoms. The number of aryl methyl sites for hydroxylation is 2. The molecule has 0 aromatic heterocycles. The molecule has 2 aromatic rings. The fourth-order valence-corrected chi connectivity index (χ4v) is 3.28. The number of halogens is 2. The van der Waals surface area contributed by atoms with E-state index in [2.05, 4.69) is 5.32 Å². The number of rotatable bonds is 6. The predicted molar refractivity (Wildman–Crippen MR) is 102 cm³/mol. The number of carbonyl (C=O) groups is 2. The summed E-state index contributed by atoms with van der Waals surface area (Å²) in [7, 11) is 0. The number of amides is 2. The second kappa shape index (κ2) is 8.81. The average Bonchev–Trinajstić information content (AvgIpc) is 2.54. The first-order valence-electron chi connectivity index (χ1n) is 8.34. The molecule has 0 aliphatic heterocycles. The Morgan fingerprint density at radius 1 is 1.19 bits per heavy atom. The Balaban J connectivity index is 2.01. The van der Waals surface area contributed by atoms with Gasteiger partial charge in [-0.2, -0.15) is 0 Å². The van der Waals surface area contributed by atoms with Crippen LogP contribution in [0.5, 0.6) is 0 Å². The Kier molecular flexibility index (Phi) is 6.75. The minimum absolute atomic E-state index is 0.0446. The highest BCUT2D eigenvalue weighted by Crippen LogP contribution is 2.31. The lowest BCUT2D eigenvalue weighted by molar-refractivity contribution is -0.121. The monoisotopic (exact) mass is 376 g/mol. The van der Waals surface area contributed by atoms with Crippen molar-refractivity contribution < 1.29 is 14.0 Å². The number of benzene rings is 2. The molecule has 0 heterocycles. The zero-order valence-corrected chi connectivity index (χ0v) is 15.9. The Morgan fingerprint density at radius 3 is 2.50 bits per heavy atom. The van der Waals surface area contributed by atoms with Crippen molar-refractivity contribution in [3.8, 4) is 0 Å². The van der Waals surface area contributed by atoms with Gasteiger partial charge in [0.25, 0.3) is 0 Å². The van der Waals surface area contributed by atoms with E-state index in [1.807, 2.05) is 19.9 Å². The lowest BCUT2D eigenvalue weighted by Gasteiger charge is -2.25. The Hall–Kier alpha value is -2.40. The van der Waals surface area contributed by atoms with Crippen LogP contribution in [0.15, 0.2) is 36.4 Å². The van der Waals surface area contributed by atoms with Crippen molar-refractivity contribution in [1.82, 2.24) is 5.32 Å². The lowest BCUT2D eigenvalue weighted by Crippen LogP contribution is -2.38. The van der Waals surface area contributed by atoms with Crippen LogP contribution in [-0.2, 0) is 16.0 Å². The fourth-order valence-electron chi connectivity index (χ4n) is 2.86. The minimum Gasteiger partial charge on any atom is -0.354 e. The van der Waals surface area contributed by atoms with Crippen LogP contribution in [0, 0.1) is 19.7 Å². The highest BCUT2D eigenvalue weighted by atomic mass is 35.5. The number of hydrogen-bond donors (Lipinski definition) is 1. The molecule has 6 heteroatoms. The summed E-state index contributed by atoms with van der Waals surface area (Å²) in [4.78, 5) is 25.6.